The molecular weight excluding hydrogens is 214 g/mol. The van der Waals surface area contributed by atoms with Gasteiger partial charge in [-0.2, -0.15) is 0 Å². The van der Waals surface area contributed by atoms with Crippen molar-refractivity contribution in [2.45, 2.75) is 32.9 Å². The molecule has 2 aromatic rings. The van der Waals surface area contributed by atoms with Crippen molar-refractivity contribution in [3.8, 4) is 5.75 Å². The minimum Gasteiger partial charge on any atom is -0.497 e. The summed E-state index contributed by atoms with van der Waals surface area (Å²) in [5, 5.41) is 10.7. The Balaban J connectivity index is 2.56. The van der Waals surface area contributed by atoms with Gasteiger partial charge < -0.3 is 14.4 Å². The van der Waals surface area contributed by atoms with Crippen molar-refractivity contribution in [3.05, 3.63) is 30.0 Å². The summed E-state index contributed by atoms with van der Waals surface area (Å²) in [7, 11) is 1.68. The number of aryl methyl sites for hydroxylation is 1. The van der Waals surface area contributed by atoms with Crippen LogP contribution in [0.4, 0.5) is 0 Å². The minimum atomic E-state index is -0.312. The number of methoxy groups -OCH3 is 1. The summed E-state index contributed by atoms with van der Waals surface area (Å²) in [5.74, 6) is 0.869. The van der Waals surface area contributed by atoms with Gasteiger partial charge in [-0.05, 0) is 31.5 Å². The molecule has 1 heterocycles. The van der Waals surface area contributed by atoms with E-state index in [1.54, 1.807) is 7.11 Å². The molecule has 0 amide bonds. The number of aliphatic hydroxyl groups is 1. The smallest absolute Gasteiger partial charge is 0.120 e. The van der Waals surface area contributed by atoms with Gasteiger partial charge >= 0.3 is 0 Å². The van der Waals surface area contributed by atoms with Gasteiger partial charge in [-0.3, -0.25) is 0 Å². The van der Waals surface area contributed by atoms with E-state index in [9.17, 15) is 5.11 Å². The van der Waals surface area contributed by atoms with Crippen molar-refractivity contribution >= 4 is 10.9 Å². The van der Waals surface area contributed by atoms with Gasteiger partial charge in [-0.15, -0.1) is 0 Å². The third-order valence-corrected chi connectivity index (χ3v) is 3.03. The number of fused-ring (bicyclic) bond motifs is 1. The molecule has 0 radical (unpaired) electrons. The van der Waals surface area contributed by atoms with Gasteiger partial charge in [0.15, 0.2) is 0 Å². The van der Waals surface area contributed by atoms with Crippen molar-refractivity contribution in [1.29, 1.82) is 0 Å². The molecule has 1 atom stereocenters. The van der Waals surface area contributed by atoms with Gasteiger partial charge in [0.1, 0.15) is 5.75 Å². The lowest BCUT2D eigenvalue weighted by Gasteiger charge is -2.03. The van der Waals surface area contributed by atoms with Crippen LogP contribution >= 0.6 is 0 Å². The lowest BCUT2D eigenvalue weighted by atomic mass is 10.1. The summed E-state index contributed by atoms with van der Waals surface area (Å²) >= 11 is 0. The van der Waals surface area contributed by atoms with Crippen LogP contribution in [0.3, 0.4) is 0 Å². The number of aliphatic hydroxyl groups excluding tert-OH is 1. The van der Waals surface area contributed by atoms with E-state index in [1.807, 2.05) is 19.1 Å². The largest absolute Gasteiger partial charge is 0.497 e. The molecule has 0 aliphatic heterocycles. The molecule has 92 valence electrons. The highest BCUT2D eigenvalue weighted by atomic mass is 16.5. The maximum Gasteiger partial charge on any atom is 0.120 e. The molecular formula is C14H19NO2. The molecule has 0 saturated carbocycles. The zero-order chi connectivity index (χ0) is 12.4. The number of aromatic nitrogens is 1. The molecule has 1 unspecified atom stereocenters. The Bertz CT molecular complexity index is 514. The standard InChI is InChI=1S/C14H19NO2/c1-4-15-9-11(7-10(2)16)13-6-5-12(17-3)8-14(13)15/h5-6,8-10,16H,4,7H2,1-3H3. The van der Waals surface area contributed by atoms with E-state index in [0.717, 1.165) is 12.3 Å². The highest BCUT2D eigenvalue weighted by Crippen LogP contribution is 2.26. The van der Waals surface area contributed by atoms with Crippen LogP contribution in [0.25, 0.3) is 10.9 Å². The Labute approximate surface area is 102 Å². The molecule has 1 aromatic heterocycles. The number of hydrogen-bond donors (Lipinski definition) is 1. The van der Waals surface area contributed by atoms with Gasteiger partial charge in [-0.25, -0.2) is 0 Å². The van der Waals surface area contributed by atoms with Crippen LogP contribution in [0.5, 0.6) is 5.75 Å². The first-order valence-corrected chi connectivity index (χ1v) is 5.99. The highest BCUT2D eigenvalue weighted by Gasteiger charge is 2.10. The van der Waals surface area contributed by atoms with Crippen LogP contribution in [-0.4, -0.2) is 22.9 Å². The average molecular weight is 233 g/mol. The van der Waals surface area contributed by atoms with E-state index in [-0.39, 0.29) is 6.10 Å². The SMILES string of the molecule is CCn1cc(CC(C)O)c2ccc(OC)cc21. The molecule has 2 rings (SSSR count). The average Bonchev–Trinajstić information content (AvgIpc) is 2.66. The number of rotatable bonds is 4. The van der Waals surface area contributed by atoms with Crippen LogP contribution in [0, 0.1) is 0 Å². The summed E-state index contributed by atoms with van der Waals surface area (Å²) in [5.41, 5.74) is 2.36. The molecule has 0 spiro atoms. The van der Waals surface area contributed by atoms with Gasteiger partial charge in [0, 0.05) is 30.6 Å². The van der Waals surface area contributed by atoms with Gasteiger partial charge in [0.2, 0.25) is 0 Å². The van der Waals surface area contributed by atoms with Gasteiger partial charge in [-0.1, -0.05) is 0 Å². The van der Waals surface area contributed by atoms with Crippen molar-refractivity contribution in [2.24, 2.45) is 0 Å². The molecule has 0 bridgehead atoms. The van der Waals surface area contributed by atoms with E-state index in [1.165, 1.54) is 16.5 Å². The second-order valence-electron chi connectivity index (χ2n) is 4.38. The molecule has 0 fully saturated rings. The molecule has 3 nitrogen and oxygen atoms in total. The molecule has 0 aliphatic carbocycles. The van der Waals surface area contributed by atoms with Crippen LogP contribution in [0.2, 0.25) is 0 Å². The Hall–Kier alpha value is -1.48. The monoisotopic (exact) mass is 233 g/mol. The van der Waals surface area contributed by atoms with Crippen LogP contribution in [0.1, 0.15) is 19.4 Å². The van der Waals surface area contributed by atoms with Gasteiger partial charge in [0.25, 0.3) is 0 Å². The highest BCUT2D eigenvalue weighted by molar-refractivity contribution is 5.85. The van der Waals surface area contributed by atoms with E-state index >= 15 is 0 Å². The van der Waals surface area contributed by atoms with Crippen LogP contribution < -0.4 is 4.74 Å². The number of hydrogen-bond acceptors (Lipinski definition) is 2. The summed E-state index contributed by atoms with van der Waals surface area (Å²) < 4.78 is 7.44. The van der Waals surface area contributed by atoms with E-state index < -0.39 is 0 Å². The first-order chi connectivity index (χ1) is 8.15. The topological polar surface area (TPSA) is 34.4 Å². The second kappa shape index (κ2) is 4.80. The number of benzene rings is 1. The lowest BCUT2D eigenvalue weighted by Crippen LogP contribution is -2.03. The zero-order valence-electron chi connectivity index (χ0n) is 10.6. The Morgan fingerprint density at radius 3 is 2.76 bits per heavy atom. The molecule has 1 N–H and O–H groups in total. The molecule has 1 aromatic carbocycles. The van der Waals surface area contributed by atoms with Gasteiger partial charge in [0.05, 0.1) is 18.7 Å². The Kier molecular flexibility index (Phi) is 3.38. The second-order valence-corrected chi connectivity index (χ2v) is 4.38. The first-order valence-electron chi connectivity index (χ1n) is 5.99. The van der Waals surface area contributed by atoms with Crippen molar-refractivity contribution in [2.75, 3.05) is 7.11 Å². The molecule has 0 saturated heterocycles. The third kappa shape index (κ3) is 2.29. The lowest BCUT2D eigenvalue weighted by molar-refractivity contribution is 0.196. The minimum absolute atomic E-state index is 0.312. The maximum absolute atomic E-state index is 9.51. The maximum atomic E-state index is 9.51. The number of nitrogens with zero attached hydrogens (tertiary/aromatic N) is 1. The Morgan fingerprint density at radius 1 is 1.41 bits per heavy atom. The predicted molar refractivity (Wildman–Crippen MR) is 69.5 cm³/mol. The fraction of sp³-hybridized carbons (Fsp3) is 0.429. The predicted octanol–water partition coefficient (Wildman–Crippen LogP) is 2.59. The Morgan fingerprint density at radius 2 is 2.18 bits per heavy atom. The summed E-state index contributed by atoms with van der Waals surface area (Å²) in [6.07, 6.45) is 2.50. The van der Waals surface area contributed by atoms with Crippen LogP contribution in [-0.2, 0) is 13.0 Å². The third-order valence-electron chi connectivity index (χ3n) is 3.03. The number of ether oxygens (including phenoxy) is 1. The normalized spacial score (nSPS) is 12.9. The zero-order valence-corrected chi connectivity index (χ0v) is 10.6. The first kappa shape index (κ1) is 12.0. The summed E-state index contributed by atoms with van der Waals surface area (Å²) in [6, 6.07) is 6.08. The van der Waals surface area contributed by atoms with E-state index in [0.29, 0.717) is 6.42 Å². The summed E-state index contributed by atoms with van der Waals surface area (Å²) in [4.78, 5) is 0. The van der Waals surface area contributed by atoms with Crippen molar-refractivity contribution in [1.82, 2.24) is 4.57 Å². The van der Waals surface area contributed by atoms with E-state index in [2.05, 4.69) is 23.8 Å². The molecule has 3 heteroatoms. The fourth-order valence-corrected chi connectivity index (χ4v) is 2.22. The molecule has 0 aliphatic rings. The van der Waals surface area contributed by atoms with Crippen LogP contribution in [0.15, 0.2) is 24.4 Å². The van der Waals surface area contributed by atoms with Crippen molar-refractivity contribution in [3.63, 3.8) is 0 Å². The van der Waals surface area contributed by atoms with Crippen molar-refractivity contribution < 1.29 is 9.84 Å². The molecule has 17 heavy (non-hydrogen) atoms. The fourth-order valence-electron chi connectivity index (χ4n) is 2.22. The quantitative estimate of drug-likeness (QED) is 0.880. The summed E-state index contributed by atoms with van der Waals surface area (Å²) in [6.45, 7) is 4.85. The van der Waals surface area contributed by atoms with E-state index in [4.69, 9.17) is 4.74 Å².